The molecule has 3 nitrogen and oxygen atoms in total. The van der Waals surface area contributed by atoms with Crippen LogP contribution in [-0.4, -0.2) is 37.6 Å². The molecule has 0 atom stereocenters. The minimum Gasteiger partial charge on any atom is -0.383 e. The van der Waals surface area contributed by atoms with Gasteiger partial charge in [0.1, 0.15) is 0 Å². The van der Waals surface area contributed by atoms with E-state index >= 15 is 0 Å². The van der Waals surface area contributed by atoms with Gasteiger partial charge in [0.2, 0.25) is 0 Å². The Labute approximate surface area is 129 Å². The van der Waals surface area contributed by atoms with Crippen molar-refractivity contribution in [3.8, 4) is 0 Å². The molecule has 0 aliphatic carbocycles. The summed E-state index contributed by atoms with van der Waals surface area (Å²) in [7, 11) is 1.48. The third-order valence-corrected chi connectivity index (χ3v) is 3.41. The molecule has 0 fully saturated rings. The van der Waals surface area contributed by atoms with Crippen molar-refractivity contribution in [1.82, 2.24) is 4.90 Å². The maximum Gasteiger partial charge on any atom is 0.417 e. The summed E-state index contributed by atoms with van der Waals surface area (Å²) in [6.45, 7) is 4.34. The molecular formula is C14H15BrF3NO2. The van der Waals surface area contributed by atoms with Gasteiger partial charge in [-0.1, -0.05) is 22.0 Å². The van der Waals surface area contributed by atoms with Gasteiger partial charge < -0.3 is 9.64 Å². The molecule has 0 aliphatic heterocycles. The van der Waals surface area contributed by atoms with E-state index < -0.39 is 17.6 Å². The predicted molar refractivity (Wildman–Crippen MR) is 77.1 cm³/mol. The fraction of sp³-hybridized carbons (Fsp3) is 0.357. The summed E-state index contributed by atoms with van der Waals surface area (Å²) in [6.07, 6.45) is -3.01. The van der Waals surface area contributed by atoms with Crippen LogP contribution in [0, 0.1) is 0 Å². The molecule has 0 aliphatic rings. The third-order valence-electron chi connectivity index (χ3n) is 2.72. The van der Waals surface area contributed by atoms with Crippen LogP contribution in [0.25, 0.3) is 0 Å². The Morgan fingerprint density at radius 3 is 2.67 bits per heavy atom. The molecule has 0 heterocycles. The molecule has 7 heteroatoms. The highest BCUT2D eigenvalue weighted by atomic mass is 79.9. The van der Waals surface area contributed by atoms with Crippen molar-refractivity contribution in [3.05, 3.63) is 46.5 Å². The Kier molecular flexibility index (Phi) is 6.42. The Hall–Kier alpha value is -1.34. The summed E-state index contributed by atoms with van der Waals surface area (Å²) < 4.78 is 43.3. The zero-order chi connectivity index (χ0) is 16.0. The SMILES string of the molecule is C=CCN(CCOC)C(=O)c1ccc(Br)c(C(F)(F)F)c1. The topological polar surface area (TPSA) is 29.5 Å². The number of methoxy groups -OCH3 is 1. The number of ether oxygens (including phenoxy) is 1. The van der Waals surface area contributed by atoms with Gasteiger partial charge in [-0.3, -0.25) is 4.79 Å². The van der Waals surface area contributed by atoms with E-state index in [1.54, 1.807) is 0 Å². The van der Waals surface area contributed by atoms with Crippen molar-refractivity contribution in [2.45, 2.75) is 6.18 Å². The smallest absolute Gasteiger partial charge is 0.383 e. The van der Waals surface area contributed by atoms with E-state index in [-0.39, 0.29) is 23.1 Å². The van der Waals surface area contributed by atoms with Crippen LogP contribution < -0.4 is 0 Å². The van der Waals surface area contributed by atoms with E-state index in [2.05, 4.69) is 22.5 Å². The first kappa shape index (κ1) is 17.7. The number of amides is 1. The van der Waals surface area contributed by atoms with E-state index in [1.807, 2.05) is 0 Å². The van der Waals surface area contributed by atoms with E-state index in [9.17, 15) is 18.0 Å². The number of hydrogen-bond donors (Lipinski definition) is 0. The quantitative estimate of drug-likeness (QED) is 0.718. The first-order valence-corrected chi connectivity index (χ1v) is 6.86. The summed E-state index contributed by atoms with van der Waals surface area (Å²) in [5.41, 5.74) is -0.901. The summed E-state index contributed by atoms with van der Waals surface area (Å²) >= 11 is 2.84. The van der Waals surface area contributed by atoms with Crippen LogP contribution in [0.3, 0.4) is 0 Å². The molecule has 1 aromatic rings. The lowest BCUT2D eigenvalue weighted by atomic mass is 10.1. The van der Waals surface area contributed by atoms with E-state index in [0.717, 1.165) is 6.07 Å². The molecule has 1 aromatic carbocycles. The summed E-state index contributed by atoms with van der Waals surface area (Å²) in [5, 5.41) is 0. The zero-order valence-corrected chi connectivity index (χ0v) is 13.0. The normalized spacial score (nSPS) is 11.3. The van der Waals surface area contributed by atoms with Gasteiger partial charge in [0, 0.05) is 30.2 Å². The second kappa shape index (κ2) is 7.61. The summed E-state index contributed by atoms with van der Waals surface area (Å²) in [6, 6.07) is 3.42. The summed E-state index contributed by atoms with van der Waals surface area (Å²) in [5.74, 6) is -0.495. The number of halogens is 4. The molecule has 0 spiro atoms. The average molecular weight is 366 g/mol. The number of carbonyl (C=O) groups is 1. The highest BCUT2D eigenvalue weighted by Crippen LogP contribution is 2.35. The number of rotatable bonds is 6. The van der Waals surface area contributed by atoms with Crippen molar-refractivity contribution in [3.63, 3.8) is 0 Å². The molecule has 0 bridgehead atoms. The van der Waals surface area contributed by atoms with Gasteiger partial charge in [-0.2, -0.15) is 13.2 Å². The minimum absolute atomic E-state index is 0.0246. The van der Waals surface area contributed by atoms with Crippen LogP contribution in [0.5, 0.6) is 0 Å². The first-order valence-electron chi connectivity index (χ1n) is 6.07. The van der Waals surface area contributed by atoms with E-state index in [4.69, 9.17) is 4.74 Å². The molecule has 0 N–H and O–H groups in total. The lowest BCUT2D eigenvalue weighted by Gasteiger charge is -2.21. The Morgan fingerprint density at radius 1 is 1.48 bits per heavy atom. The van der Waals surface area contributed by atoms with Gasteiger partial charge >= 0.3 is 6.18 Å². The van der Waals surface area contributed by atoms with Gasteiger partial charge in [-0.25, -0.2) is 0 Å². The Morgan fingerprint density at radius 2 is 2.14 bits per heavy atom. The van der Waals surface area contributed by atoms with Crippen LogP contribution >= 0.6 is 15.9 Å². The molecular weight excluding hydrogens is 351 g/mol. The van der Waals surface area contributed by atoms with Crippen LogP contribution in [0.2, 0.25) is 0 Å². The molecule has 0 saturated heterocycles. The van der Waals surface area contributed by atoms with Crippen LogP contribution in [0.15, 0.2) is 35.3 Å². The van der Waals surface area contributed by atoms with Crippen molar-refractivity contribution in [2.75, 3.05) is 26.8 Å². The second-order valence-corrected chi connectivity index (χ2v) is 5.08. The minimum atomic E-state index is -4.52. The highest BCUT2D eigenvalue weighted by Gasteiger charge is 2.33. The standard InChI is InChI=1S/C14H15BrF3NO2/c1-3-6-19(7-8-21-2)13(20)10-4-5-12(15)11(9-10)14(16,17)18/h3-5,9H,1,6-8H2,2H3. The van der Waals surface area contributed by atoms with E-state index in [0.29, 0.717) is 6.61 Å². The number of alkyl halides is 3. The van der Waals surface area contributed by atoms with Crippen molar-refractivity contribution in [1.29, 1.82) is 0 Å². The van der Waals surface area contributed by atoms with Gasteiger partial charge in [0.25, 0.3) is 5.91 Å². The Balaban J connectivity index is 3.07. The predicted octanol–water partition coefficient (Wildman–Crippen LogP) is 3.74. The van der Waals surface area contributed by atoms with Gasteiger partial charge in [0.05, 0.1) is 12.2 Å². The molecule has 21 heavy (non-hydrogen) atoms. The van der Waals surface area contributed by atoms with Gasteiger partial charge in [0.15, 0.2) is 0 Å². The van der Waals surface area contributed by atoms with E-state index in [1.165, 1.54) is 30.2 Å². The van der Waals surface area contributed by atoms with Crippen molar-refractivity contribution in [2.24, 2.45) is 0 Å². The Bertz CT molecular complexity index is 517. The van der Waals surface area contributed by atoms with Crippen LogP contribution in [-0.2, 0) is 10.9 Å². The van der Waals surface area contributed by atoms with Gasteiger partial charge in [-0.15, -0.1) is 6.58 Å². The van der Waals surface area contributed by atoms with Gasteiger partial charge in [-0.05, 0) is 18.2 Å². The largest absolute Gasteiger partial charge is 0.417 e. The monoisotopic (exact) mass is 365 g/mol. The molecule has 0 unspecified atom stereocenters. The maximum atomic E-state index is 12.9. The van der Waals surface area contributed by atoms with Crippen molar-refractivity contribution < 1.29 is 22.7 Å². The lowest BCUT2D eigenvalue weighted by molar-refractivity contribution is -0.138. The molecule has 0 aromatic heterocycles. The number of hydrogen-bond acceptors (Lipinski definition) is 2. The number of carbonyl (C=O) groups excluding carboxylic acids is 1. The fourth-order valence-electron chi connectivity index (χ4n) is 1.69. The van der Waals surface area contributed by atoms with Crippen LogP contribution in [0.1, 0.15) is 15.9 Å². The first-order chi connectivity index (χ1) is 9.81. The average Bonchev–Trinajstić information content (AvgIpc) is 2.42. The number of benzene rings is 1. The van der Waals surface area contributed by atoms with Crippen molar-refractivity contribution >= 4 is 21.8 Å². The molecule has 0 saturated carbocycles. The molecule has 1 rings (SSSR count). The fourth-order valence-corrected chi connectivity index (χ4v) is 2.16. The molecule has 1 amide bonds. The zero-order valence-electron chi connectivity index (χ0n) is 11.4. The lowest BCUT2D eigenvalue weighted by Crippen LogP contribution is -2.34. The molecule has 0 radical (unpaired) electrons. The maximum absolute atomic E-state index is 12.9. The molecule has 116 valence electrons. The van der Waals surface area contributed by atoms with Crippen LogP contribution in [0.4, 0.5) is 13.2 Å². The second-order valence-electron chi connectivity index (χ2n) is 4.23. The highest BCUT2D eigenvalue weighted by molar-refractivity contribution is 9.10. The number of nitrogens with zero attached hydrogens (tertiary/aromatic N) is 1. The summed E-state index contributed by atoms with van der Waals surface area (Å²) in [4.78, 5) is 13.6. The third kappa shape index (κ3) is 4.86.